The van der Waals surface area contributed by atoms with Gasteiger partial charge in [0.25, 0.3) is 0 Å². The van der Waals surface area contributed by atoms with Gasteiger partial charge in [-0.1, -0.05) is 29.3 Å². The minimum absolute atomic E-state index is 0.0692. The molecule has 0 unspecified atom stereocenters. The van der Waals surface area contributed by atoms with E-state index >= 15 is 0 Å². The molecule has 0 amide bonds. The van der Waals surface area contributed by atoms with Crippen molar-refractivity contribution in [2.75, 3.05) is 11.1 Å². The Hall–Kier alpha value is -1.98. The summed E-state index contributed by atoms with van der Waals surface area (Å²) in [5.74, 6) is -2.30. The Bertz CT molecular complexity index is 672. The first-order valence-corrected chi connectivity index (χ1v) is 6.19. The van der Waals surface area contributed by atoms with Gasteiger partial charge in [-0.2, -0.15) is 0 Å². The highest BCUT2D eigenvalue weighted by Gasteiger charge is 2.15. The quantitative estimate of drug-likeness (QED) is 0.744. The summed E-state index contributed by atoms with van der Waals surface area (Å²) in [6.07, 6.45) is 0. The maximum atomic E-state index is 13.6. The van der Waals surface area contributed by atoms with Crippen molar-refractivity contribution in [3.8, 4) is 0 Å². The van der Waals surface area contributed by atoms with Gasteiger partial charge in [0.15, 0.2) is 0 Å². The molecule has 7 heteroatoms. The van der Waals surface area contributed by atoms with E-state index in [0.717, 1.165) is 12.1 Å². The summed E-state index contributed by atoms with van der Waals surface area (Å²) in [6.45, 7) is 0. The summed E-state index contributed by atoms with van der Waals surface area (Å²) in [6, 6.07) is 6.89. The third kappa shape index (κ3) is 2.79. The van der Waals surface area contributed by atoms with E-state index in [1.54, 1.807) is 18.2 Å². The molecule has 0 atom stereocenters. The Morgan fingerprint density at radius 3 is 2.40 bits per heavy atom. The number of nitrogens with one attached hydrogen (secondary N) is 1. The van der Waals surface area contributed by atoms with Crippen LogP contribution in [-0.2, 0) is 0 Å². The summed E-state index contributed by atoms with van der Waals surface area (Å²) in [5, 5.41) is 12.3. The molecule has 0 radical (unpaired) electrons. The third-order valence-electron chi connectivity index (χ3n) is 2.59. The summed E-state index contributed by atoms with van der Waals surface area (Å²) < 4.78 is 13.6. The van der Waals surface area contributed by atoms with Crippen molar-refractivity contribution in [2.24, 2.45) is 0 Å². The van der Waals surface area contributed by atoms with Gasteiger partial charge in [0.05, 0.1) is 32.7 Å². The minimum atomic E-state index is -1.39. The second-order valence-corrected chi connectivity index (χ2v) is 4.76. The Labute approximate surface area is 123 Å². The molecule has 2 aromatic carbocycles. The van der Waals surface area contributed by atoms with Gasteiger partial charge in [0.1, 0.15) is 5.82 Å². The highest BCUT2D eigenvalue weighted by molar-refractivity contribution is 6.39. The number of benzene rings is 2. The molecule has 0 aromatic heterocycles. The summed E-state index contributed by atoms with van der Waals surface area (Å²) in [4.78, 5) is 10.8. The van der Waals surface area contributed by atoms with Crippen LogP contribution >= 0.6 is 23.2 Å². The number of aromatic carboxylic acids is 1. The lowest BCUT2D eigenvalue weighted by atomic mass is 10.1. The molecule has 0 aliphatic rings. The highest BCUT2D eigenvalue weighted by Crippen LogP contribution is 2.35. The monoisotopic (exact) mass is 314 g/mol. The number of carboxylic acid groups (broad SMARTS) is 1. The van der Waals surface area contributed by atoms with Crippen molar-refractivity contribution in [1.29, 1.82) is 0 Å². The number of carbonyl (C=O) groups is 1. The third-order valence-corrected chi connectivity index (χ3v) is 3.22. The highest BCUT2D eigenvalue weighted by atomic mass is 35.5. The molecule has 20 heavy (non-hydrogen) atoms. The smallest absolute Gasteiger partial charge is 0.338 e. The summed E-state index contributed by atoms with van der Waals surface area (Å²) in [5.41, 5.74) is 5.81. The number of nitrogen functional groups attached to an aromatic ring is 1. The zero-order valence-corrected chi connectivity index (χ0v) is 11.5. The van der Waals surface area contributed by atoms with E-state index < -0.39 is 17.3 Å². The van der Waals surface area contributed by atoms with Crippen LogP contribution in [0, 0.1) is 5.82 Å². The fraction of sp³-hybridized carbons (Fsp3) is 0. The second-order valence-electron chi connectivity index (χ2n) is 3.95. The normalized spacial score (nSPS) is 10.3. The summed E-state index contributed by atoms with van der Waals surface area (Å²) >= 11 is 12.0. The maximum absolute atomic E-state index is 13.6. The van der Waals surface area contributed by atoms with E-state index in [4.69, 9.17) is 34.0 Å². The minimum Gasteiger partial charge on any atom is -0.478 e. The van der Waals surface area contributed by atoms with Crippen LogP contribution in [0.1, 0.15) is 10.4 Å². The predicted molar refractivity (Wildman–Crippen MR) is 77.5 cm³/mol. The first-order chi connectivity index (χ1) is 9.40. The van der Waals surface area contributed by atoms with E-state index in [1.807, 2.05) is 0 Å². The van der Waals surface area contributed by atoms with E-state index in [2.05, 4.69) is 5.32 Å². The predicted octanol–water partition coefficient (Wildman–Crippen LogP) is 4.16. The van der Waals surface area contributed by atoms with Gasteiger partial charge in [-0.3, -0.25) is 0 Å². The molecule has 0 heterocycles. The molecule has 0 fully saturated rings. The molecule has 0 bridgehead atoms. The Kier molecular flexibility index (Phi) is 4.01. The molecule has 4 N–H and O–H groups in total. The molecule has 0 aliphatic carbocycles. The number of nitrogens with two attached hydrogens (primary N) is 1. The topological polar surface area (TPSA) is 75.4 Å². The lowest BCUT2D eigenvalue weighted by Gasteiger charge is -2.13. The molecule has 0 saturated carbocycles. The first kappa shape index (κ1) is 14.4. The van der Waals surface area contributed by atoms with E-state index in [0.29, 0.717) is 15.7 Å². The standard InChI is InChI=1S/C13H9Cl2FN2O2/c14-7-2-1-3-8(15)12(7)18-11-5-9(16)6(13(19)20)4-10(11)17/h1-5,18H,17H2,(H,19,20). The number of rotatable bonds is 3. The lowest BCUT2D eigenvalue weighted by Crippen LogP contribution is -2.05. The molecule has 104 valence electrons. The molecule has 0 saturated heterocycles. The average molecular weight is 315 g/mol. The number of halogens is 3. The van der Waals surface area contributed by atoms with Crippen LogP contribution in [0.2, 0.25) is 10.0 Å². The number of hydrogen-bond donors (Lipinski definition) is 3. The molecular weight excluding hydrogens is 306 g/mol. The van der Waals surface area contributed by atoms with Crippen LogP contribution in [0.25, 0.3) is 0 Å². The molecule has 2 rings (SSSR count). The number of para-hydroxylation sites is 1. The molecule has 0 spiro atoms. The van der Waals surface area contributed by atoms with Gasteiger partial charge >= 0.3 is 5.97 Å². The molecule has 2 aromatic rings. The van der Waals surface area contributed by atoms with Gasteiger partial charge in [-0.15, -0.1) is 0 Å². The van der Waals surface area contributed by atoms with Gasteiger partial charge in [-0.05, 0) is 18.2 Å². The van der Waals surface area contributed by atoms with Crippen LogP contribution in [-0.4, -0.2) is 11.1 Å². The fourth-order valence-electron chi connectivity index (χ4n) is 1.61. The van der Waals surface area contributed by atoms with E-state index in [9.17, 15) is 9.18 Å². The van der Waals surface area contributed by atoms with Gasteiger partial charge in [0.2, 0.25) is 0 Å². The fourth-order valence-corrected chi connectivity index (χ4v) is 2.11. The zero-order valence-electron chi connectivity index (χ0n) is 9.95. The average Bonchev–Trinajstić information content (AvgIpc) is 2.37. The van der Waals surface area contributed by atoms with Crippen molar-refractivity contribution < 1.29 is 14.3 Å². The van der Waals surface area contributed by atoms with Crippen LogP contribution in [0.4, 0.5) is 21.5 Å². The van der Waals surface area contributed by atoms with Crippen LogP contribution in [0.5, 0.6) is 0 Å². The number of carboxylic acids is 1. The van der Waals surface area contributed by atoms with Crippen molar-refractivity contribution in [2.45, 2.75) is 0 Å². The van der Waals surface area contributed by atoms with Crippen LogP contribution < -0.4 is 11.1 Å². The van der Waals surface area contributed by atoms with Crippen LogP contribution in [0.3, 0.4) is 0 Å². The Morgan fingerprint density at radius 1 is 1.25 bits per heavy atom. The van der Waals surface area contributed by atoms with Gasteiger partial charge in [-0.25, -0.2) is 9.18 Å². The second kappa shape index (κ2) is 5.56. The summed E-state index contributed by atoms with van der Waals surface area (Å²) in [7, 11) is 0. The molecule has 0 aliphatic heterocycles. The maximum Gasteiger partial charge on any atom is 0.338 e. The van der Waals surface area contributed by atoms with E-state index in [-0.39, 0.29) is 11.4 Å². The number of hydrogen-bond acceptors (Lipinski definition) is 3. The molecular formula is C13H9Cl2FN2O2. The first-order valence-electron chi connectivity index (χ1n) is 5.43. The SMILES string of the molecule is Nc1cc(C(=O)O)c(F)cc1Nc1c(Cl)cccc1Cl. The van der Waals surface area contributed by atoms with E-state index in [1.165, 1.54) is 0 Å². The van der Waals surface area contributed by atoms with Crippen molar-refractivity contribution in [3.63, 3.8) is 0 Å². The lowest BCUT2D eigenvalue weighted by molar-refractivity contribution is 0.0692. The van der Waals surface area contributed by atoms with Gasteiger partial charge in [0, 0.05) is 6.07 Å². The zero-order chi connectivity index (χ0) is 14.9. The van der Waals surface area contributed by atoms with Crippen LogP contribution in [0.15, 0.2) is 30.3 Å². The largest absolute Gasteiger partial charge is 0.478 e. The Balaban J connectivity index is 2.45. The van der Waals surface area contributed by atoms with Crippen molar-refractivity contribution in [1.82, 2.24) is 0 Å². The number of anilines is 3. The van der Waals surface area contributed by atoms with Gasteiger partial charge < -0.3 is 16.2 Å². The van der Waals surface area contributed by atoms with Crippen molar-refractivity contribution >= 4 is 46.2 Å². The Morgan fingerprint density at radius 2 is 1.85 bits per heavy atom. The molecule has 4 nitrogen and oxygen atoms in total. The van der Waals surface area contributed by atoms with Crippen molar-refractivity contribution in [3.05, 3.63) is 51.8 Å².